The number of hydrogen-bond donors (Lipinski definition) is 1. The van der Waals surface area contributed by atoms with Gasteiger partial charge >= 0.3 is 0 Å². The highest BCUT2D eigenvalue weighted by atomic mass is 15.2. The molecule has 1 saturated heterocycles. The first-order valence-electron chi connectivity index (χ1n) is 6.71. The second kappa shape index (κ2) is 7.24. The number of nitrogens with zero attached hydrogens (tertiary/aromatic N) is 1. The Bertz CT molecular complexity index is 159. The molecule has 0 aliphatic carbocycles. The topological polar surface area (TPSA) is 15.3 Å². The minimum Gasteiger partial charge on any atom is -0.314 e. The predicted octanol–water partition coefficient (Wildman–Crippen LogP) is 2.64. The Kier molecular flexibility index (Phi) is 6.26. The van der Waals surface area contributed by atoms with Gasteiger partial charge in [-0.25, -0.2) is 0 Å². The van der Waals surface area contributed by atoms with Crippen molar-refractivity contribution in [3.05, 3.63) is 0 Å². The van der Waals surface area contributed by atoms with Gasteiger partial charge in [0, 0.05) is 12.1 Å². The van der Waals surface area contributed by atoms with Crippen LogP contribution in [0.15, 0.2) is 0 Å². The molecule has 1 heterocycles. The second-order valence-corrected chi connectivity index (χ2v) is 5.02. The fourth-order valence-corrected chi connectivity index (χ4v) is 2.34. The molecule has 15 heavy (non-hydrogen) atoms. The van der Waals surface area contributed by atoms with Gasteiger partial charge in [-0.15, -0.1) is 0 Å². The fraction of sp³-hybridized carbons (Fsp3) is 1.00. The normalized spacial score (nSPS) is 25.4. The minimum absolute atomic E-state index is 0.680. The van der Waals surface area contributed by atoms with E-state index in [2.05, 4.69) is 31.0 Å². The lowest BCUT2D eigenvalue weighted by atomic mass is 10.0. The first kappa shape index (κ1) is 13.0. The Morgan fingerprint density at radius 3 is 2.87 bits per heavy atom. The van der Waals surface area contributed by atoms with Crippen molar-refractivity contribution >= 4 is 0 Å². The number of likely N-dealkylation sites (tertiary alicyclic amines) is 1. The van der Waals surface area contributed by atoms with Crippen molar-refractivity contribution in [3.8, 4) is 0 Å². The van der Waals surface area contributed by atoms with Gasteiger partial charge < -0.3 is 10.2 Å². The van der Waals surface area contributed by atoms with Gasteiger partial charge in [-0.1, -0.05) is 13.3 Å². The van der Waals surface area contributed by atoms with E-state index in [9.17, 15) is 0 Å². The van der Waals surface area contributed by atoms with Crippen LogP contribution in [0.3, 0.4) is 0 Å². The molecule has 2 heteroatoms. The van der Waals surface area contributed by atoms with Gasteiger partial charge in [0.2, 0.25) is 0 Å². The lowest BCUT2D eigenvalue weighted by molar-refractivity contribution is 0.154. The molecule has 0 aromatic carbocycles. The van der Waals surface area contributed by atoms with Crippen molar-refractivity contribution < 1.29 is 0 Å². The van der Waals surface area contributed by atoms with Crippen LogP contribution >= 0.6 is 0 Å². The van der Waals surface area contributed by atoms with Crippen molar-refractivity contribution in [2.45, 2.75) is 65.0 Å². The molecule has 0 bridgehead atoms. The van der Waals surface area contributed by atoms with Crippen LogP contribution in [0.25, 0.3) is 0 Å². The van der Waals surface area contributed by atoms with Crippen LogP contribution in [0.2, 0.25) is 0 Å². The summed E-state index contributed by atoms with van der Waals surface area (Å²) in [4.78, 5) is 2.66. The number of nitrogens with one attached hydrogen (secondary N) is 1. The SMILES string of the molecule is CCCNC(C)CCN1CCCCC1C. The molecule has 2 unspecified atom stereocenters. The maximum Gasteiger partial charge on any atom is 0.00669 e. The van der Waals surface area contributed by atoms with Crippen LogP contribution in [0.1, 0.15) is 52.9 Å². The zero-order valence-corrected chi connectivity index (χ0v) is 10.8. The Labute approximate surface area is 95.4 Å². The van der Waals surface area contributed by atoms with Crippen molar-refractivity contribution in [3.63, 3.8) is 0 Å². The molecule has 1 rings (SSSR count). The maximum absolute atomic E-state index is 3.56. The number of hydrogen-bond acceptors (Lipinski definition) is 2. The van der Waals surface area contributed by atoms with Gasteiger partial charge in [0.25, 0.3) is 0 Å². The molecule has 0 spiro atoms. The summed E-state index contributed by atoms with van der Waals surface area (Å²) in [7, 11) is 0. The zero-order valence-electron chi connectivity index (χ0n) is 10.8. The third-order valence-electron chi connectivity index (χ3n) is 3.53. The molecule has 1 aliphatic heterocycles. The molecule has 0 radical (unpaired) electrons. The monoisotopic (exact) mass is 212 g/mol. The van der Waals surface area contributed by atoms with E-state index in [0.717, 1.165) is 12.6 Å². The summed E-state index contributed by atoms with van der Waals surface area (Å²) < 4.78 is 0. The van der Waals surface area contributed by atoms with E-state index in [4.69, 9.17) is 0 Å². The van der Waals surface area contributed by atoms with Crippen molar-refractivity contribution in [2.75, 3.05) is 19.6 Å². The summed E-state index contributed by atoms with van der Waals surface area (Å²) in [5, 5.41) is 3.56. The molecule has 0 saturated carbocycles. The van der Waals surface area contributed by atoms with Gasteiger partial charge in [-0.2, -0.15) is 0 Å². The summed E-state index contributed by atoms with van der Waals surface area (Å²) in [5.41, 5.74) is 0. The van der Waals surface area contributed by atoms with Gasteiger partial charge in [0.1, 0.15) is 0 Å². The van der Waals surface area contributed by atoms with Crippen LogP contribution in [-0.4, -0.2) is 36.6 Å². The molecule has 2 nitrogen and oxygen atoms in total. The first-order valence-corrected chi connectivity index (χ1v) is 6.71. The average Bonchev–Trinajstić information content (AvgIpc) is 2.25. The number of piperidine rings is 1. The van der Waals surface area contributed by atoms with E-state index in [1.807, 2.05) is 0 Å². The van der Waals surface area contributed by atoms with E-state index >= 15 is 0 Å². The Morgan fingerprint density at radius 2 is 2.20 bits per heavy atom. The van der Waals surface area contributed by atoms with Crippen molar-refractivity contribution in [1.82, 2.24) is 10.2 Å². The molecule has 0 amide bonds. The van der Waals surface area contributed by atoms with Crippen molar-refractivity contribution in [2.24, 2.45) is 0 Å². The van der Waals surface area contributed by atoms with Crippen LogP contribution < -0.4 is 5.32 Å². The molecule has 0 aromatic rings. The molecule has 1 aliphatic rings. The van der Waals surface area contributed by atoms with Crippen molar-refractivity contribution in [1.29, 1.82) is 0 Å². The Balaban J connectivity index is 2.11. The molecule has 90 valence electrons. The van der Waals surface area contributed by atoms with E-state index < -0.39 is 0 Å². The van der Waals surface area contributed by atoms with E-state index in [1.165, 1.54) is 45.2 Å². The number of rotatable bonds is 6. The van der Waals surface area contributed by atoms with E-state index in [0.29, 0.717) is 6.04 Å². The highest BCUT2D eigenvalue weighted by Gasteiger charge is 2.17. The Hall–Kier alpha value is -0.0800. The quantitative estimate of drug-likeness (QED) is 0.728. The van der Waals surface area contributed by atoms with Crippen LogP contribution in [0.5, 0.6) is 0 Å². The zero-order chi connectivity index (χ0) is 11.1. The molecular formula is C13H28N2. The first-order chi connectivity index (χ1) is 7.24. The van der Waals surface area contributed by atoms with Gasteiger partial charge in [-0.3, -0.25) is 0 Å². The van der Waals surface area contributed by atoms with Gasteiger partial charge in [-0.05, 0) is 59.2 Å². The lowest BCUT2D eigenvalue weighted by Crippen LogP contribution is -2.40. The standard InChI is InChI=1S/C13H28N2/c1-4-9-14-12(2)8-11-15-10-6-5-7-13(15)3/h12-14H,4-11H2,1-3H3. The highest BCUT2D eigenvalue weighted by molar-refractivity contribution is 4.74. The molecular weight excluding hydrogens is 184 g/mol. The molecule has 1 N–H and O–H groups in total. The summed E-state index contributed by atoms with van der Waals surface area (Å²) in [6, 6.07) is 1.50. The highest BCUT2D eigenvalue weighted by Crippen LogP contribution is 2.16. The molecule has 0 aromatic heterocycles. The molecule has 1 fully saturated rings. The van der Waals surface area contributed by atoms with E-state index in [-0.39, 0.29) is 0 Å². The summed E-state index contributed by atoms with van der Waals surface area (Å²) in [6.45, 7) is 10.7. The third kappa shape index (κ3) is 4.98. The summed E-state index contributed by atoms with van der Waals surface area (Å²) in [5.74, 6) is 0. The second-order valence-electron chi connectivity index (χ2n) is 5.02. The van der Waals surface area contributed by atoms with E-state index in [1.54, 1.807) is 0 Å². The predicted molar refractivity (Wildman–Crippen MR) is 67.3 cm³/mol. The van der Waals surface area contributed by atoms with Crippen LogP contribution in [-0.2, 0) is 0 Å². The van der Waals surface area contributed by atoms with Gasteiger partial charge in [0.05, 0.1) is 0 Å². The lowest BCUT2D eigenvalue weighted by Gasteiger charge is -2.34. The maximum atomic E-state index is 3.56. The smallest absolute Gasteiger partial charge is 0.00669 e. The summed E-state index contributed by atoms with van der Waals surface area (Å²) >= 11 is 0. The van der Waals surface area contributed by atoms with Crippen LogP contribution in [0.4, 0.5) is 0 Å². The fourth-order valence-electron chi connectivity index (χ4n) is 2.34. The largest absolute Gasteiger partial charge is 0.314 e. The van der Waals surface area contributed by atoms with Crippen LogP contribution in [0, 0.1) is 0 Å². The summed E-state index contributed by atoms with van der Waals surface area (Å²) in [6.07, 6.45) is 6.77. The third-order valence-corrected chi connectivity index (χ3v) is 3.53. The Morgan fingerprint density at radius 1 is 1.40 bits per heavy atom. The molecule has 2 atom stereocenters. The minimum atomic E-state index is 0.680. The average molecular weight is 212 g/mol. The van der Waals surface area contributed by atoms with Gasteiger partial charge in [0.15, 0.2) is 0 Å².